The first-order chi connectivity index (χ1) is 11.2. The largest absolute Gasteiger partial charge is 0.381 e. The summed E-state index contributed by atoms with van der Waals surface area (Å²) in [6.45, 7) is 8.17. The molecule has 1 atom stereocenters. The Labute approximate surface area is 136 Å². The van der Waals surface area contributed by atoms with Crippen LogP contribution < -0.4 is 10.6 Å². The lowest BCUT2D eigenvalue weighted by molar-refractivity contribution is 0.193. The van der Waals surface area contributed by atoms with Gasteiger partial charge in [-0.1, -0.05) is 0 Å². The van der Waals surface area contributed by atoms with Crippen molar-refractivity contribution in [1.29, 1.82) is 0 Å². The van der Waals surface area contributed by atoms with Crippen LogP contribution in [0.5, 0.6) is 0 Å². The van der Waals surface area contributed by atoms with E-state index in [2.05, 4.69) is 40.0 Å². The van der Waals surface area contributed by atoms with Gasteiger partial charge in [0.05, 0.1) is 18.5 Å². The maximum absolute atomic E-state index is 5.93. The van der Waals surface area contributed by atoms with Gasteiger partial charge < -0.3 is 15.4 Å². The van der Waals surface area contributed by atoms with Crippen LogP contribution in [-0.2, 0) is 17.8 Å². The van der Waals surface area contributed by atoms with Crippen LogP contribution in [-0.4, -0.2) is 39.5 Å². The maximum atomic E-state index is 5.93. The minimum atomic E-state index is 0.320. The zero-order valence-corrected chi connectivity index (χ0v) is 13.8. The van der Waals surface area contributed by atoms with Crippen molar-refractivity contribution < 1.29 is 4.74 Å². The number of hydrogen-bond donors (Lipinski definition) is 1. The number of anilines is 2. The van der Waals surface area contributed by atoms with Gasteiger partial charge in [-0.2, -0.15) is 10.1 Å². The Balaban J connectivity index is 1.82. The van der Waals surface area contributed by atoms with Gasteiger partial charge in [0.25, 0.3) is 0 Å². The van der Waals surface area contributed by atoms with Gasteiger partial charge in [-0.15, -0.1) is 0 Å². The molecule has 0 amide bonds. The SMILES string of the molecule is CCN(Cc1cnn(CC)c1)c1cc([C@H]2CCOC2)nc(N)n1. The molecule has 1 aliphatic heterocycles. The molecule has 124 valence electrons. The van der Waals surface area contributed by atoms with Crippen LogP contribution in [0.1, 0.15) is 37.4 Å². The van der Waals surface area contributed by atoms with Gasteiger partial charge in [0, 0.05) is 50.0 Å². The van der Waals surface area contributed by atoms with Gasteiger partial charge in [-0.25, -0.2) is 4.98 Å². The van der Waals surface area contributed by atoms with Crippen LogP contribution in [0.15, 0.2) is 18.5 Å². The molecule has 23 heavy (non-hydrogen) atoms. The fraction of sp³-hybridized carbons (Fsp3) is 0.562. The smallest absolute Gasteiger partial charge is 0.222 e. The third-order valence-electron chi connectivity index (χ3n) is 4.19. The number of aromatic nitrogens is 4. The van der Waals surface area contributed by atoms with Gasteiger partial charge >= 0.3 is 0 Å². The van der Waals surface area contributed by atoms with E-state index in [9.17, 15) is 0 Å². The molecule has 1 saturated heterocycles. The second-order valence-electron chi connectivity index (χ2n) is 5.79. The summed E-state index contributed by atoms with van der Waals surface area (Å²) in [7, 11) is 0. The van der Waals surface area contributed by atoms with Crippen LogP contribution in [0.3, 0.4) is 0 Å². The van der Waals surface area contributed by atoms with Gasteiger partial charge in [-0.3, -0.25) is 4.68 Å². The topological polar surface area (TPSA) is 82.1 Å². The van der Waals surface area contributed by atoms with E-state index in [1.54, 1.807) is 0 Å². The summed E-state index contributed by atoms with van der Waals surface area (Å²) < 4.78 is 7.39. The van der Waals surface area contributed by atoms with Gasteiger partial charge in [0.15, 0.2) is 0 Å². The number of ether oxygens (including phenoxy) is 1. The van der Waals surface area contributed by atoms with Crippen molar-refractivity contribution in [1.82, 2.24) is 19.7 Å². The molecule has 2 aromatic heterocycles. The second kappa shape index (κ2) is 6.95. The summed E-state index contributed by atoms with van der Waals surface area (Å²) in [4.78, 5) is 11.0. The molecule has 0 radical (unpaired) electrons. The third-order valence-corrected chi connectivity index (χ3v) is 4.19. The first-order valence-corrected chi connectivity index (χ1v) is 8.18. The summed E-state index contributed by atoms with van der Waals surface area (Å²) in [5.74, 6) is 1.51. The highest BCUT2D eigenvalue weighted by atomic mass is 16.5. The molecular weight excluding hydrogens is 292 g/mol. The van der Waals surface area contributed by atoms with E-state index < -0.39 is 0 Å². The molecule has 1 aliphatic rings. The molecule has 0 unspecified atom stereocenters. The van der Waals surface area contributed by atoms with Crippen LogP contribution in [0, 0.1) is 0 Å². The fourth-order valence-corrected chi connectivity index (χ4v) is 2.85. The van der Waals surface area contributed by atoms with E-state index in [1.807, 2.05) is 16.9 Å². The Hall–Kier alpha value is -2.15. The standard InChI is InChI=1S/C16H24N6O/c1-3-21(9-12-8-18-22(4-2)10-12)15-7-14(19-16(17)20-15)13-5-6-23-11-13/h7-8,10,13H,3-6,9,11H2,1-2H3,(H2,17,19,20)/t13-/m0/s1. The van der Waals surface area contributed by atoms with Crippen molar-refractivity contribution in [3.8, 4) is 0 Å². The molecule has 7 heteroatoms. The lowest BCUT2D eigenvalue weighted by Gasteiger charge is -2.22. The molecule has 0 saturated carbocycles. The highest BCUT2D eigenvalue weighted by molar-refractivity contribution is 5.45. The Morgan fingerprint density at radius 1 is 1.39 bits per heavy atom. The van der Waals surface area contributed by atoms with Gasteiger partial charge in [-0.05, 0) is 20.3 Å². The quantitative estimate of drug-likeness (QED) is 0.875. The number of nitrogens with zero attached hydrogens (tertiary/aromatic N) is 5. The van der Waals surface area contributed by atoms with Crippen LogP contribution in [0.2, 0.25) is 0 Å². The zero-order chi connectivity index (χ0) is 16.2. The predicted octanol–water partition coefficient (Wildman–Crippen LogP) is 1.81. The molecular formula is C16H24N6O. The van der Waals surface area contributed by atoms with Crippen molar-refractivity contribution in [2.45, 2.75) is 39.3 Å². The summed E-state index contributed by atoms with van der Waals surface area (Å²) in [5.41, 5.74) is 8.08. The molecule has 0 aliphatic carbocycles. The van der Waals surface area contributed by atoms with E-state index in [1.165, 1.54) is 0 Å². The number of aryl methyl sites for hydroxylation is 1. The summed E-state index contributed by atoms with van der Waals surface area (Å²) in [6, 6.07) is 2.05. The Bertz CT molecular complexity index is 650. The molecule has 2 N–H and O–H groups in total. The molecule has 2 aromatic rings. The van der Waals surface area contributed by atoms with Gasteiger partial charge in [0.1, 0.15) is 5.82 Å². The van der Waals surface area contributed by atoms with Crippen molar-refractivity contribution in [2.24, 2.45) is 0 Å². The molecule has 1 fully saturated rings. The van der Waals surface area contributed by atoms with Crippen LogP contribution in [0.25, 0.3) is 0 Å². The molecule has 0 aromatic carbocycles. The van der Waals surface area contributed by atoms with Crippen molar-refractivity contribution in [3.05, 3.63) is 29.7 Å². The summed E-state index contributed by atoms with van der Waals surface area (Å²) in [5, 5.41) is 4.33. The number of nitrogens with two attached hydrogens (primary N) is 1. The van der Waals surface area contributed by atoms with Crippen molar-refractivity contribution >= 4 is 11.8 Å². The molecule has 3 rings (SSSR count). The minimum absolute atomic E-state index is 0.320. The van der Waals surface area contributed by atoms with E-state index in [-0.39, 0.29) is 0 Å². The second-order valence-corrected chi connectivity index (χ2v) is 5.79. The average molecular weight is 316 g/mol. The van der Waals surface area contributed by atoms with E-state index in [4.69, 9.17) is 10.5 Å². The van der Waals surface area contributed by atoms with Crippen LogP contribution >= 0.6 is 0 Å². The predicted molar refractivity (Wildman–Crippen MR) is 89.2 cm³/mol. The van der Waals surface area contributed by atoms with Gasteiger partial charge in [0.2, 0.25) is 5.95 Å². The lowest BCUT2D eigenvalue weighted by Crippen LogP contribution is -2.24. The van der Waals surface area contributed by atoms with E-state index in [0.29, 0.717) is 18.5 Å². The minimum Gasteiger partial charge on any atom is -0.381 e. The zero-order valence-electron chi connectivity index (χ0n) is 13.8. The van der Waals surface area contributed by atoms with Crippen molar-refractivity contribution in [3.63, 3.8) is 0 Å². The lowest BCUT2D eigenvalue weighted by atomic mass is 10.0. The fourth-order valence-electron chi connectivity index (χ4n) is 2.85. The molecule has 0 spiro atoms. The number of rotatable bonds is 6. The first kappa shape index (κ1) is 15.7. The summed E-state index contributed by atoms with van der Waals surface area (Å²) in [6.07, 6.45) is 4.96. The summed E-state index contributed by atoms with van der Waals surface area (Å²) >= 11 is 0. The molecule has 3 heterocycles. The average Bonchev–Trinajstić information content (AvgIpc) is 3.23. The van der Waals surface area contributed by atoms with E-state index >= 15 is 0 Å². The normalized spacial score (nSPS) is 17.6. The van der Waals surface area contributed by atoms with Crippen LogP contribution in [0.4, 0.5) is 11.8 Å². The number of nitrogen functional groups attached to an aromatic ring is 1. The highest BCUT2D eigenvalue weighted by Gasteiger charge is 2.21. The maximum Gasteiger partial charge on any atom is 0.222 e. The Morgan fingerprint density at radius 3 is 2.91 bits per heavy atom. The monoisotopic (exact) mass is 316 g/mol. The third kappa shape index (κ3) is 3.61. The molecule has 0 bridgehead atoms. The Kier molecular flexibility index (Phi) is 4.76. The highest BCUT2D eigenvalue weighted by Crippen LogP contribution is 2.27. The first-order valence-electron chi connectivity index (χ1n) is 8.18. The number of hydrogen-bond acceptors (Lipinski definition) is 6. The molecule has 7 nitrogen and oxygen atoms in total. The van der Waals surface area contributed by atoms with E-state index in [0.717, 1.165) is 49.7 Å². The Morgan fingerprint density at radius 2 is 2.26 bits per heavy atom. The van der Waals surface area contributed by atoms with Crippen molar-refractivity contribution in [2.75, 3.05) is 30.4 Å².